The summed E-state index contributed by atoms with van der Waals surface area (Å²) in [5, 5.41) is 81.4. The zero-order valence-corrected chi connectivity index (χ0v) is 29.1. The summed E-state index contributed by atoms with van der Waals surface area (Å²) in [5.41, 5.74) is 0.105. The number of azo groups is 2. The number of non-ortho nitro benzene ring substituents is 1. The van der Waals surface area contributed by atoms with Gasteiger partial charge in [0.1, 0.15) is 40.0 Å². The molecule has 0 saturated carbocycles. The fourth-order valence-electron chi connectivity index (χ4n) is 5.03. The Morgan fingerprint density at radius 2 is 1.12 bits per heavy atom. The number of aromatic hydroxyl groups is 4. The number of fused-ring (bicyclic) bond motifs is 2. The Morgan fingerprint density at radius 3 is 1.62 bits per heavy atom. The molecule has 0 aliphatic heterocycles. The Kier molecular flexibility index (Phi) is 11.8. The van der Waals surface area contributed by atoms with Crippen molar-refractivity contribution in [3.8, 4) is 23.0 Å². The maximum Gasteiger partial charge on any atom is 0.313 e. The minimum absolute atomic E-state index is 0. The molecular formula is C37H32FeN6O8. The smallest absolute Gasteiger partial charge is 0.313 e. The van der Waals surface area contributed by atoms with Gasteiger partial charge >= 0.3 is 5.69 Å². The van der Waals surface area contributed by atoms with Crippen LogP contribution >= 0.6 is 0 Å². The van der Waals surface area contributed by atoms with Crippen LogP contribution in [0.4, 0.5) is 34.1 Å². The monoisotopic (exact) mass is 744 g/mol. The Balaban J connectivity index is 0.000000232. The van der Waals surface area contributed by atoms with Crippen LogP contribution < -0.4 is 0 Å². The van der Waals surface area contributed by atoms with E-state index < -0.39 is 21.3 Å². The van der Waals surface area contributed by atoms with E-state index >= 15 is 0 Å². The molecule has 52 heavy (non-hydrogen) atoms. The minimum atomic E-state index is -0.640. The van der Waals surface area contributed by atoms with Crippen molar-refractivity contribution in [3.05, 3.63) is 129 Å². The van der Waals surface area contributed by atoms with Gasteiger partial charge in [-0.1, -0.05) is 81.4 Å². The third-order valence-corrected chi connectivity index (χ3v) is 8.38. The van der Waals surface area contributed by atoms with Gasteiger partial charge < -0.3 is 20.4 Å². The van der Waals surface area contributed by atoms with Crippen LogP contribution in [-0.2, 0) is 22.5 Å². The van der Waals surface area contributed by atoms with Crippen LogP contribution in [0.25, 0.3) is 21.5 Å². The second-order valence-electron chi connectivity index (χ2n) is 12.0. The summed E-state index contributed by atoms with van der Waals surface area (Å²) in [6.07, 6.45) is 0.746. The van der Waals surface area contributed by atoms with Crippen molar-refractivity contribution < 1.29 is 47.3 Å². The molecule has 15 heteroatoms. The summed E-state index contributed by atoms with van der Waals surface area (Å²) in [7, 11) is 0. The first-order valence-corrected chi connectivity index (χ1v) is 15.5. The molecule has 6 aromatic rings. The van der Waals surface area contributed by atoms with Gasteiger partial charge in [0.15, 0.2) is 0 Å². The van der Waals surface area contributed by atoms with Crippen molar-refractivity contribution in [1.29, 1.82) is 0 Å². The predicted molar refractivity (Wildman–Crippen MR) is 192 cm³/mol. The van der Waals surface area contributed by atoms with Crippen LogP contribution in [0, 0.1) is 20.2 Å². The van der Waals surface area contributed by atoms with Gasteiger partial charge in [-0.15, -0.1) is 20.5 Å². The topological polar surface area (TPSA) is 217 Å². The molecule has 0 bridgehead atoms. The molecule has 6 aromatic carbocycles. The molecule has 0 aromatic heterocycles. The summed E-state index contributed by atoms with van der Waals surface area (Å²) >= 11 is 0. The molecule has 0 fully saturated rings. The number of nitrogens with zero attached hydrogens (tertiary/aromatic N) is 6. The molecule has 266 valence electrons. The number of benzene rings is 6. The molecule has 0 saturated heterocycles. The molecule has 0 atom stereocenters. The Bertz CT molecular complexity index is 2360. The first-order chi connectivity index (χ1) is 24.3. The molecule has 6 rings (SSSR count). The zero-order chi connectivity index (χ0) is 36.9. The summed E-state index contributed by atoms with van der Waals surface area (Å²) < 4.78 is 0. The van der Waals surface area contributed by atoms with E-state index in [1.807, 2.05) is 51.1 Å². The second kappa shape index (κ2) is 16.1. The SMILES string of the molecule is CCC(C)(C)c1cc(N=Nc2c(O)ccc3ccccc23)c(O)c([N+](=O)[O-])c1.O=[N+]([O-])c1ccc(O)c(N=Nc2c(O)ccc3ccccc23)c1.[Fe]. The third kappa shape index (κ3) is 8.29. The fourth-order valence-corrected chi connectivity index (χ4v) is 5.03. The first-order valence-electron chi connectivity index (χ1n) is 15.5. The summed E-state index contributed by atoms with van der Waals surface area (Å²) in [6.45, 7) is 5.90. The maximum absolute atomic E-state index is 11.4. The van der Waals surface area contributed by atoms with Crippen LogP contribution in [0.1, 0.15) is 32.8 Å². The molecular weight excluding hydrogens is 712 g/mol. The van der Waals surface area contributed by atoms with Gasteiger partial charge in [-0.25, -0.2) is 0 Å². The Labute approximate surface area is 307 Å². The van der Waals surface area contributed by atoms with Crippen molar-refractivity contribution in [2.75, 3.05) is 0 Å². The molecule has 0 heterocycles. The van der Waals surface area contributed by atoms with E-state index in [2.05, 4.69) is 20.5 Å². The standard InChI is InChI=1S/C21H21N3O4.C16H11N3O4.Fe/c1-4-21(2,3)14-11-16(20(26)17(12-14)24(27)28)22-23-19-15-8-6-5-7-13(15)9-10-18(19)25;20-14-8-6-11(19(22)23)9-13(14)17-18-16-12-4-2-1-3-10(12)5-7-15(16)21;/h5-12,25-26H,4H2,1-3H3;1-9,20-21H;. The molecule has 0 spiro atoms. The van der Waals surface area contributed by atoms with Gasteiger partial charge in [-0.3, -0.25) is 20.2 Å². The number of phenols is 4. The molecule has 0 amide bonds. The average Bonchev–Trinajstić information content (AvgIpc) is 3.12. The van der Waals surface area contributed by atoms with Gasteiger partial charge in [-0.2, -0.15) is 0 Å². The van der Waals surface area contributed by atoms with Crippen LogP contribution in [0.2, 0.25) is 0 Å². The van der Waals surface area contributed by atoms with Crippen LogP contribution in [0.15, 0.2) is 124 Å². The van der Waals surface area contributed by atoms with Crippen molar-refractivity contribution >= 4 is 55.7 Å². The molecule has 0 unspecified atom stereocenters. The minimum Gasteiger partial charge on any atom is -0.506 e. The average molecular weight is 745 g/mol. The van der Waals surface area contributed by atoms with Gasteiger partial charge in [0.25, 0.3) is 5.69 Å². The first kappa shape index (κ1) is 38.4. The van der Waals surface area contributed by atoms with Gasteiger partial charge in [0.05, 0.1) is 9.85 Å². The van der Waals surface area contributed by atoms with E-state index in [0.29, 0.717) is 16.3 Å². The second-order valence-corrected chi connectivity index (χ2v) is 12.0. The number of nitro groups is 2. The zero-order valence-electron chi connectivity index (χ0n) is 28.0. The Hall–Kier alpha value is -6.44. The van der Waals surface area contributed by atoms with Crippen molar-refractivity contribution in [2.24, 2.45) is 20.5 Å². The number of phenolic OH excluding ortho intramolecular Hbond substituents is 4. The van der Waals surface area contributed by atoms with Crippen LogP contribution in [-0.4, -0.2) is 30.3 Å². The van der Waals surface area contributed by atoms with Crippen LogP contribution in [0.5, 0.6) is 23.0 Å². The molecule has 0 aliphatic carbocycles. The number of hydrogen-bond acceptors (Lipinski definition) is 12. The Morgan fingerprint density at radius 1 is 0.615 bits per heavy atom. The van der Waals surface area contributed by atoms with E-state index in [0.717, 1.165) is 23.3 Å². The third-order valence-electron chi connectivity index (χ3n) is 8.38. The molecule has 0 radical (unpaired) electrons. The van der Waals surface area contributed by atoms with Crippen molar-refractivity contribution in [1.82, 2.24) is 0 Å². The van der Waals surface area contributed by atoms with Gasteiger partial charge in [0.2, 0.25) is 5.75 Å². The van der Waals surface area contributed by atoms with Crippen LogP contribution in [0.3, 0.4) is 0 Å². The quantitative estimate of drug-likeness (QED) is 0.0507. The fraction of sp³-hybridized carbons (Fsp3) is 0.135. The van der Waals surface area contributed by atoms with Crippen molar-refractivity contribution in [3.63, 3.8) is 0 Å². The van der Waals surface area contributed by atoms with Crippen molar-refractivity contribution in [2.45, 2.75) is 32.6 Å². The largest absolute Gasteiger partial charge is 0.506 e. The van der Waals surface area contributed by atoms with E-state index in [1.165, 1.54) is 30.3 Å². The predicted octanol–water partition coefficient (Wildman–Crippen LogP) is 10.8. The normalized spacial score (nSPS) is 11.4. The summed E-state index contributed by atoms with van der Waals surface area (Å²) in [5.74, 6) is -0.929. The molecule has 0 aliphatic rings. The number of nitro benzene ring substituents is 2. The molecule has 4 N–H and O–H groups in total. The molecule has 14 nitrogen and oxygen atoms in total. The summed E-state index contributed by atoms with van der Waals surface area (Å²) in [4.78, 5) is 20.9. The van der Waals surface area contributed by atoms with E-state index in [4.69, 9.17) is 0 Å². The van der Waals surface area contributed by atoms with E-state index in [-0.39, 0.29) is 68.2 Å². The number of rotatable bonds is 8. The maximum atomic E-state index is 11.4. The van der Waals surface area contributed by atoms with Gasteiger partial charge in [0, 0.05) is 46.0 Å². The van der Waals surface area contributed by atoms with Gasteiger partial charge in [-0.05, 0) is 52.4 Å². The summed E-state index contributed by atoms with van der Waals surface area (Å²) in [6, 6.07) is 27.6. The van der Waals surface area contributed by atoms with E-state index in [9.17, 15) is 40.7 Å². The number of hydrogen-bond donors (Lipinski definition) is 4. The van der Waals surface area contributed by atoms with E-state index in [1.54, 1.807) is 36.4 Å².